The van der Waals surface area contributed by atoms with Crippen molar-refractivity contribution in [1.82, 2.24) is 0 Å². The van der Waals surface area contributed by atoms with Gasteiger partial charge in [0.1, 0.15) is 34.5 Å². The Hall–Kier alpha value is -6.68. The van der Waals surface area contributed by atoms with Gasteiger partial charge in [-0.3, -0.25) is 0 Å². The molecule has 0 radical (unpaired) electrons. The Kier molecular flexibility index (Phi) is 15.7. The Balaban J connectivity index is 0.998. The number of rotatable bonds is 20. The fourth-order valence-corrected chi connectivity index (χ4v) is 6.09. The Morgan fingerprint density at radius 3 is 1.07 bits per heavy atom. The van der Waals surface area contributed by atoms with Crippen molar-refractivity contribution >= 4 is 34.1 Å². The van der Waals surface area contributed by atoms with Gasteiger partial charge in [0, 0.05) is 0 Å². The standard InChI is InChI=1S/C50H54N6O4/c1-7-9-11-29-57-41-17-21-43(22-18-41)59-45-25-27-47(35(3)31-45)53-51-39-13-15-40(16-14-39)52-55-49-33-38(6)50(34-37(49)5)56-54-48-28-26-46(32-36(48)4)60-44-23-19-42(20-24-44)58-30-12-10-8-2/h13-28,31-34H,7-12,29-30H2,1-6H3. The summed E-state index contributed by atoms with van der Waals surface area (Å²) >= 11 is 0. The lowest BCUT2D eigenvalue weighted by molar-refractivity contribution is 0.305. The van der Waals surface area contributed by atoms with E-state index in [1.54, 1.807) is 0 Å². The van der Waals surface area contributed by atoms with Crippen LogP contribution in [0.5, 0.6) is 34.5 Å². The van der Waals surface area contributed by atoms with E-state index in [-0.39, 0.29) is 0 Å². The summed E-state index contributed by atoms with van der Waals surface area (Å²) in [7, 11) is 0. The largest absolute Gasteiger partial charge is 0.494 e. The first-order valence-electron chi connectivity index (χ1n) is 20.8. The molecule has 0 N–H and O–H groups in total. The molecule has 308 valence electrons. The van der Waals surface area contributed by atoms with Crippen LogP contribution in [0.1, 0.15) is 74.6 Å². The third kappa shape index (κ3) is 12.9. The molecular formula is C50H54N6O4. The molecule has 0 heterocycles. The highest BCUT2D eigenvalue weighted by atomic mass is 16.5. The summed E-state index contributed by atoms with van der Waals surface area (Å²) < 4.78 is 23.8. The van der Waals surface area contributed by atoms with Gasteiger partial charge in [-0.1, -0.05) is 39.5 Å². The monoisotopic (exact) mass is 802 g/mol. The van der Waals surface area contributed by atoms with Gasteiger partial charge in [0.25, 0.3) is 0 Å². The van der Waals surface area contributed by atoms with Crippen LogP contribution >= 0.6 is 0 Å². The SMILES string of the molecule is CCCCCOc1ccc(Oc2ccc(N=Nc3ccc(N=Nc4cc(C)c(N=Nc5ccc(Oc6ccc(OCCCCC)cc6)cc5C)cc4C)cc3)c(C)c2)cc1. The summed E-state index contributed by atoms with van der Waals surface area (Å²) in [6.07, 6.45) is 6.81. The first kappa shape index (κ1) is 42.9. The van der Waals surface area contributed by atoms with Gasteiger partial charge in [-0.15, -0.1) is 0 Å². The molecule has 0 amide bonds. The minimum absolute atomic E-state index is 0.704. The lowest BCUT2D eigenvalue weighted by atomic mass is 10.1. The molecule has 0 saturated heterocycles. The summed E-state index contributed by atoms with van der Waals surface area (Å²) in [6.45, 7) is 13.8. The molecule has 0 fully saturated rings. The lowest BCUT2D eigenvalue weighted by Crippen LogP contribution is -1.96. The molecule has 0 aliphatic heterocycles. The highest BCUT2D eigenvalue weighted by molar-refractivity contribution is 5.59. The van der Waals surface area contributed by atoms with E-state index in [0.29, 0.717) is 11.4 Å². The molecule has 0 aromatic heterocycles. The van der Waals surface area contributed by atoms with E-state index in [9.17, 15) is 0 Å². The van der Waals surface area contributed by atoms with Gasteiger partial charge < -0.3 is 18.9 Å². The van der Waals surface area contributed by atoms with Crippen LogP contribution in [-0.4, -0.2) is 13.2 Å². The van der Waals surface area contributed by atoms with E-state index in [4.69, 9.17) is 18.9 Å². The summed E-state index contributed by atoms with van der Waals surface area (Å²) in [5.74, 6) is 4.64. The van der Waals surface area contributed by atoms with Crippen LogP contribution in [0.3, 0.4) is 0 Å². The van der Waals surface area contributed by atoms with E-state index in [0.717, 1.165) is 106 Å². The quantitative estimate of drug-likeness (QED) is 0.0565. The second-order valence-corrected chi connectivity index (χ2v) is 14.7. The zero-order valence-electron chi connectivity index (χ0n) is 35.5. The zero-order chi connectivity index (χ0) is 42.1. The topological polar surface area (TPSA) is 111 Å². The number of hydrogen-bond acceptors (Lipinski definition) is 10. The smallest absolute Gasteiger partial charge is 0.127 e. The summed E-state index contributed by atoms with van der Waals surface area (Å²) in [4.78, 5) is 0. The Morgan fingerprint density at radius 1 is 0.333 bits per heavy atom. The number of hydrogen-bond donors (Lipinski definition) is 0. The Bertz CT molecular complexity index is 2390. The minimum Gasteiger partial charge on any atom is -0.494 e. The molecule has 0 aliphatic carbocycles. The molecular weight excluding hydrogens is 749 g/mol. The third-order valence-corrected chi connectivity index (χ3v) is 9.66. The second kappa shape index (κ2) is 21.9. The number of aryl methyl sites for hydroxylation is 4. The van der Waals surface area contributed by atoms with Crippen LogP contribution in [0.2, 0.25) is 0 Å². The maximum Gasteiger partial charge on any atom is 0.127 e. The summed E-state index contributed by atoms with van der Waals surface area (Å²) in [5.41, 5.74) is 8.25. The average Bonchev–Trinajstić information content (AvgIpc) is 3.25. The van der Waals surface area contributed by atoms with Crippen molar-refractivity contribution in [3.05, 3.63) is 144 Å². The molecule has 6 aromatic rings. The minimum atomic E-state index is 0.704. The maximum atomic E-state index is 6.08. The molecule has 0 saturated carbocycles. The van der Waals surface area contributed by atoms with E-state index >= 15 is 0 Å². The Morgan fingerprint density at radius 2 is 0.667 bits per heavy atom. The number of azo groups is 3. The molecule has 0 spiro atoms. The predicted molar refractivity (Wildman–Crippen MR) is 240 cm³/mol. The van der Waals surface area contributed by atoms with E-state index < -0.39 is 0 Å². The summed E-state index contributed by atoms with van der Waals surface area (Å²) in [5, 5.41) is 27.1. The van der Waals surface area contributed by atoms with Gasteiger partial charge in [0.2, 0.25) is 0 Å². The van der Waals surface area contributed by atoms with Crippen LogP contribution in [0, 0.1) is 27.7 Å². The van der Waals surface area contributed by atoms with E-state index in [1.165, 1.54) is 25.7 Å². The number of ether oxygens (including phenoxy) is 4. The van der Waals surface area contributed by atoms with E-state index in [1.807, 2.05) is 149 Å². The molecule has 6 aromatic carbocycles. The highest BCUT2D eigenvalue weighted by Gasteiger charge is 2.08. The zero-order valence-corrected chi connectivity index (χ0v) is 35.5. The highest BCUT2D eigenvalue weighted by Crippen LogP contribution is 2.34. The van der Waals surface area contributed by atoms with Crippen molar-refractivity contribution < 1.29 is 18.9 Å². The van der Waals surface area contributed by atoms with Crippen LogP contribution in [0.4, 0.5) is 34.1 Å². The number of nitrogens with zero attached hydrogens (tertiary/aromatic N) is 6. The molecule has 60 heavy (non-hydrogen) atoms. The third-order valence-electron chi connectivity index (χ3n) is 9.66. The molecule has 10 heteroatoms. The number of benzene rings is 6. The first-order chi connectivity index (χ1) is 29.3. The van der Waals surface area contributed by atoms with Crippen molar-refractivity contribution in [2.24, 2.45) is 30.7 Å². The molecule has 0 aliphatic rings. The van der Waals surface area contributed by atoms with Crippen LogP contribution in [-0.2, 0) is 0 Å². The predicted octanol–water partition coefficient (Wildman–Crippen LogP) is 16.9. The number of unbranched alkanes of at least 4 members (excludes halogenated alkanes) is 4. The second-order valence-electron chi connectivity index (χ2n) is 14.7. The van der Waals surface area contributed by atoms with Crippen LogP contribution < -0.4 is 18.9 Å². The lowest BCUT2D eigenvalue weighted by Gasteiger charge is -2.10. The van der Waals surface area contributed by atoms with Crippen LogP contribution in [0.25, 0.3) is 0 Å². The Labute approximate surface area is 354 Å². The van der Waals surface area contributed by atoms with Gasteiger partial charge in [0.15, 0.2) is 0 Å². The van der Waals surface area contributed by atoms with E-state index in [2.05, 4.69) is 44.5 Å². The summed E-state index contributed by atoms with van der Waals surface area (Å²) in [6, 6.07) is 38.4. The van der Waals surface area contributed by atoms with Crippen molar-refractivity contribution in [3.63, 3.8) is 0 Å². The first-order valence-corrected chi connectivity index (χ1v) is 20.8. The van der Waals surface area contributed by atoms with Crippen LogP contribution in [0.15, 0.2) is 152 Å². The maximum absolute atomic E-state index is 6.08. The average molecular weight is 803 g/mol. The molecule has 0 atom stereocenters. The van der Waals surface area contributed by atoms with Gasteiger partial charge in [0.05, 0.1) is 47.3 Å². The normalized spacial score (nSPS) is 11.5. The fraction of sp³-hybridized carbons (Fsp3) is 0.280. The molecule has 0 bridgehead atoms. The van der Waals surface area contributed by atoms with Gasteiger partial charge >= 0.3 is 0 Å². The van der Waals surface area contributed by atoms with Crippen molar-refractivity contribution in [1.29, 1.82) is 0 Å². The van der Waals surface area contributed by atoms with Crippen molar-refractivity contribution in [3.8, 4) is 34.5 Å². The van der Waals surface area contributed by atoms with Gasteiger partial charge in [-0.2, -0.15) is 30.7 Å². The fourth-order valence-electron chi connectivity index (χ4n) is 6.09. The molecule has 6 rings (SSSR count). The van der Waals surface area contributed by atoms with Crippen molar-refractivity contribution in [2.75, 3.05) is 13.2 Å². The molecule has 0 unspecified atom stereocenters. The molecule has 10 nitrogen and oxygen atoms in total. The van der Waals surface area contributed by atoms with Gasteiger partial charge in [-0.25, -0.2) is 0 Å². The van der Waals surface area contributed by atoms with Gasteiger partial charge in [-0.05, 0) is 184 Å². The van der Waals surface area contributed by atoms with Crippen molar-refractivity contribution in [2.45, 2.75) is 80.1 Å².